The summed E-state index contributed by atoms with van der Waals surface area (Å²) in [5.41, 5.74) is -4.07. The van der Waals surface area contributed by atoms with E-state index in [9.17, 15) is 22.4 Å². The fourth-order valence-electron chi connectivity index (χ4n) is 1.85. The summed E-state index contributed by atoms with van der Waals surface area (Å²) in [6.07, 6.45) is -4.43. The second-order valence-corrected chi connectivity index (χ2v) is 3.50. The van der Waals surface area contributed by atoms with Crippen LogP contribution in [0.15, 0.2) is 0 Å². The van der Waals surface area contributed by atoms with Crippen LogP contribution in [0, 0.1) is 5.92 Å². The first-order chi connectivity index (χ1) is 6.30. The number of rotatable bonds is 2. The highest BCUT2D eigenvalue weighted by Crippen LogP contribution is 2.46. The molecule has 2 nitrogen and oxygen atoms in total. The smallest absolute Gasteiger partial charge is 0.433 e. The van der Waals surface area contributed by atoms with Crippen molar-refractivity contribution < 1.29 is 27.5 Å². The van der Waals surface area contributed by atoms with Gasteiger partial charge in [0.05, 0.1) is 0 Å². The lowest BCUT2D eigenvalue weighted by atomic mass is 9.87. The van der Waals surface area contributed by atoms with E-state index in [1.165, 1.54) is 0 Å². The van der Waals surface area contributed by atoms with Crippen molar-refractivity contribution in [3.8, 4) is 0 Å². The maximum Gasteiger partial charge on any atom is 0.433 e. The molecule has 1 aliphatic rings. The predicted octanol–water partition coefficient (Wildman–Crippen LogP) is 2.53. The summed E-state index contributed by atoms with van der Waals surface area (Å²) in [6.45, 7) is 0. The second kappa shape index (κ2) is 3.40. The van der Waals surface area contributed by atoms with Crippen LogP contribution in [0.1, 0.15) is 25.7 Å². The van der Waals surface area contributed by atoms with E-state index in [2.05, 4.69) is 0 Å². The zero-order valence-electron chi connectivity index (χ0n) is 7.27. The highest BCUT2D eigenvalue weighted by Gasteiger charge is 2.66. The van der Waals surface area contributed by atoms with Crippen molar-refractivity contribution in [2.45, 2.75) is 37.5 Å². The SMILES string of the molecule is O=C(O)C(F)(C1CCCC1)C(F)(F)F. The molecule has 0 amide bonds. The summed E-state index contributed by atoms with van der Waals surface area (Å²) >= 11 is 0. The van der Waals surface area contributed by atoms with Gasteiger partial charge in [0, 0.05) is 5.92 Å². The largest absolute Gasteiger partial charge is 0.479 e. The molecule has 1 N–H and O–H groups in total. The number of carbonyl (C=O) groups is 1. The molecule has 0 radical (unpaired) electrons. The minimum atomic E-state index is -5.33. The third kappa shape index (κ3) is 1.57. The van der Waals surface area contributed by atoms with E-state index < -0.39 is 23.7 Å². The van der Waals surface area contributed by atoms with E-state index >= 15 is 0 Å². The lowest BCUT2D eigenvalue weighted by Gasteiger charge is -2.28. The van der Waals surface area contributed by atoms with Crippen molar-refractivity contribution >= 4 is 5.97 Å². The zero-order valence-corrected chi connectivity index (χ0v) is 7.27. The first-order valence-corrected chi connectivity index (χ1v) is 4.29. The quantitative estimate of drug-likeness (QED) is 0.717. The molecule has 1 rings (SSSR count). The normalized spacial score (nSPS) is 23.4. The second-order valence-electron chi connectivity index (χ2n) is 3.50. The first-order valence-electron chi connectivity index (χ1n) is 4.29. The summed E-state index contributed by atoms with van der Waals surface area (Å²) in [7, 11) is 0. The third-order valence-electron chi connectivity index (χ3n) is 2.64. The van der Waals surface area contributed by atoms with Gasteiger partial charge in [-0.3, -0.25) is 0 Å². The fraction of sp³-hybridized carbons (Fsp3) is 0.875. The summed E-state index contributed by atoms with van der Waals surface area (Å²) < 4.78 is 50.2. The van der Waals surface area contributed by atoms with Gasteiger partial charge in [-0.15, -0.1) is 0 Å². The number of aliphatic carboxylic acids is 1. The molecule has 82 valence electrons. The molecular formula is C8H10F4O2. The molecule has 0 spiro atoms. The highest BCUT2D eigenvalue weighted by molar-refractivity contribution is 5.79. The van der Waals surface area contributed by atoms with Crippen LogP contribution in [-0.4, -0.2) is 22.9 Å². The van der Waals surface area contributed by atoms with E-state index in [0.29, 0.717) is 12.8 Å². The molecule has 0 bridgehead atoms. The summed E-state index contributed by atoms with van der Waals surface area (Å²) in [5.74, 6) is -3.85. The van der Waals surface area contributed by atoms with Crippen LogP contribution >= 0.6 is 0 Å². The molecule has 1 atom stereocenters. The maximum atomic E-state index is 13.4. The van der Waals surface area contributed by atoms with Crippen molar-refractivity contribution in [2.24, 2.45) is 5.92 Å². The predicted molar refractivity (Wildman–Crippen MR) is 39.5 cm³/mol. The van der Waals surface area contributed by atoms with Gasteiger partial charge in [0.25, 0.3) is 0 Å². The molecule has 1 fully saturated rings. The Labute approximate surface area is 77.9 Å². The molecular weight excluding hydrogens is 204 g/mol. The van der Waals surface area contributed by atoms with E-state index in [1.807, 2.05) is 0 Å². The number of alkyl halides is 4. The Bertz CT molecular complexity index is 232. The Hall–Kier alpha value is -0.810. The van der Waals surface area contributed by atoms with E-state index in [4.69, 9.17) is 5.11 Å². The molecule has 0 aromatic carbocycles. The molecule has 1 unspecified atom stereocenters. The number of hydrogen-bond acceptors (Lipinski definition) is 1. The lowest BCUT2D eigenvalue weighted by molar-refractivity contribution is -0.250. The minimum absolute atomic E-state index is 0.0116. The van der Waals surface area contributed by atoms with Gasteiger partial charge in [-0.2, -0.15) is 13.2 Å². The minimum Gasteiger partial charge on any atom is -0.479 e. The lowest BCUT2D eigenvalue weighted by Crippen LogP contribution is -2.53. The van der Waals surface area contributed by atoms with Crippen molar-refractivity contribution in [3.63, 3.8) is 0 Å². The third-order valence-corrected chi connectivity index (χ3v) is 2.64. The maximum absolute atomic E-state index is 13.4. The highest BCUT2D eigenvalue weighted by atomic mass is 19.4. The average Bonchev–Trinajstić information content (AvgIpc) is 2.52. The van der Waals surface area contributed by atoms with Crippen molar-refractivity contribution in [2.75, 3.05) is 0 Å². The van der Waals surface area contributed by atoms with Crippen molar-refractivity contribution in [1.82, 2.24) is 0 Å². The standard InChI is InChI=1S/C8H10F4O2/c9-7(6(13)14,8(10,11)12)5-3-1-2-4-5/h5H,1-4H2,(H,13,14). The van der Waals surface area contributed by atoms with Gasteiger partial charge in [-0.1, -0.05) is 12.8 Å². The van der Waals surface area contributed by atoms with Crippen LogP contribution in [-0.2, 0) is 4.79 Å². The van der Waals surface area contributed by atoms with E-state index in [1.54, 1.807) is 0 Å². The van der Waals surface area contributed by atoms with Crippen LogP contribution < -0.4 is 0 Å². The van der Waals surface area contributed by atoms with Crippen LogP contribution in [0.4, 0.5) is 17.6 Å². The monoisotopic (exact) mass is 214 g/mol. The molecule has 0 aliphatic heterocycles. The topological polar surface area (TPSA) is 37.3 Å². The van der Waals surface area contributed by atoms with Gasteiger partial charge in [0.2, 0.25) is 0 Å². The Morgan fingerprint density at radius 2 is 1.57 bits per heavy atom. The summed E-state index contributed by atoms with van der Waals surface area (Å²) in [5, 5.41) is 8.33. The molecule has 0 heterocycles. The molecule has 1 aliphatic carbocycles. The van der Waals surface area contributed by atoms with Crippen LogP contribution in [0.25, 0.3) is 0 Å². The summed E-state index contributed by atoms with van der Waals surface area (Å²) in [6, 6.07) is 0. The Morgan fingerprint density at radius 3 is 1.86 bits per heavy atom. The average molecular weight is 214 g/mol. The molecule has 1 saturated carbocycles. The van der Waals surface area contributed by atoms with Gasteiger partial charge < -0.3 is 5.11 Å². The van der Waals surface area contributed by atoms with Crippen LogP contribution in [0.2, 0.25) is 0 Å². The van der Waals surface area contributed by atoms with Gasteiger partial charge in [0.1, 0.15) is 0 Å². The zero-order chi connectivity index (χ0) is 11.0. The van der Waals surface area contributed by atoms with Crippen LogP contribution in [0.5, 0.6) is 0 Å². The van der Waals surface area contributed by atoms with Crippen molar-refractivity contribution in [3.05, 3.63) is 0 Å². The molecule has 0 aromatic rings. The van der Waals surface area contributed by atoms with Gasteiger partial charge in [0.15, 0.2) is 0 Å². The number of carboxylic acid groups (broad SMARTS) is 1. The fourth-order valence-corrected chi connectivity index (χ4v) is 1.85. The molecule has 0 saturated heterocycles. The Kier molecular flexibility index (Phi) is 2.74. The number of carboxylic acids is 1. The molecule has 0 aromatic heterocycles. The Balaban J connectivity index is 2.97. The van der Waals surface area contributed by atoms with E-state index in [0.717, 1.165) is 0 Å². The van der Waals surface area contributed by atoms with Crippen LogP contribution in [0.3, 0.4) is 0 Å². The molecule has 6 heteroatoms. The van der Waals surface area contributed by atoms with Gasteiger partial charge in [-0.25, -0.2) is 9.18 Å². The van der Waals surface area contributed by atoms with Crippen molar-refractivity contribution in [1.29, 1.82) is 0 Å². The van der Waals surface area contributed by atoms with E-state index in [-0.39, 0.29) is 12.8 Å². The number of halogens is 4. The summed E-state index contributed by atoms with van der Waals surface area (Å²) in [4.78, 5) is 10.4. The van der Waals surface area contributed by atoms with Gasteiger partial charge >= 0.3 is 17.8 Å². The first kappa shape index (κ1) is 11.3. The molecule has 14 heavy (non-hydrogen) atoms. The number of hydrogen-bond donors (Lipinski definition) is 1. The Morgan fingerprint density at radius 1 is 1.14 bits per heavy atom. The van der Waals surface area contributed by atoms with Gasteiger partial charge in [-0.05, 0) is 12.8 Å².